The number of hydrogen-bond donors (Lipinski definition) is 1. The van der Waals surface area contributed by atoms with E-state index in [1.54, 1.807) is 17.0 Å². The number of urea groups is 1. The molecule has 2 fully saturated rings. The van der Waals surface area contributed by atoms with Gasteiger partial charge >= 0.3 is 6.03 Å². The van der Waals surface area contributed by atoms with Gasteiger partial charge < -0.3 is 20.0 Å². The molecule has 0 saturated carbocycles. The molecule has 3 rings (SSSR count). The minimum Gasteiger partial charge on any atom is -0.368 e. The van der Waals surface area contributed by atoms with Crippen LogP contribution in [0.3, 0.4) is 0 Å². The summed E-state index contributed by atoms with van der Waals surface area (Å²) in [7, 11) is 0. The first kappa shape index (κ1) is 17.5. The number of hydrogen-bond acceptors (Lipinski definition) is 3. The predicted octanol–water partition coefficient (Wildman–Crippen LogP) is 1.67. The fourth-order valence-electron chi connectivity index (χ4n) is 3.34. The average Bonchev–Trinajstić information content (AvgIpc) is 3.04. The molecule has 136 valence electrons. The molecule has 2 aliphatic heterocycles. The van der Waals surface area contributed by atoms with Crippen molar-refractivity contribution in [2.45, 2.75) is 19.3 Å². The number of amides is 3. The van der Waals surface area contributed by atoms with Crippen LogP contribution < -0.4 is 10.2 Å². The van der Waals surface area contributed by atoms with E-state index in [0.717, 1.165) is 44.7 Å². The Kier molecular flexibility index (Phi) is 5.73. The number of halogens is 1. The number of rotatable bonds is 5. The van der Waals surface area contributed by atoms with Crippen LogP contribution >= 0.6 is 0 Å². The zero-order valence-corrected chi connectivity index (χ0v) is 14.4. The minimum atomic E-state index is -0.239. The van der Waals surface area contributed by atoms with E-state index in [1.165, 1.54) is 12.1 Å². The summed E-state index contributed by atoms with van der Waals surface area (Å²) in [5, 5.41) is 2.93. The highest BCUT2D eigenvalue weighted by atomic mass is 19.1. The highest BCUT2D eigenvalue weighted by Crippen LogP contribution is 2.17. The summed E-state index contributed by atoms with van der Waals surface area (Å²) >= 11 is 0. The largest absolute Gasteiger partial charge is 0.368 e. The third kappa shape index (κ3) is 4.61. The van der Waals surface area contributed by atoms with Gasteiger partial charge in [0, 0.05) is 57.9 Å². The molecule has 0 aromatic heterocycles. The van der Waals surface area contributed by atoms with Crippen LogP contribution in [0.1, 0.15) is 19.3 Å². The normalized spacial score (nSPS) is 18.0. The standard InChI is InChI=1S/C18H25FN4O2/c19-15-4-6-16(7-5-15)21-11-13-23(14-12-21)18(25)20-8-2-10-22-9-1-3-17(22)24/h4-7H,1-3,8-14H2,(H,20,25). The zero-order chi connectivity index (χ0) is 17.6. The summed E-state index contributed by atoms with van der Waals surface area (Å²) in [6.07, 6.45) is 2.39. The maximum absolute atomic E-state index is 13.0. The maximum atomic E-state index is 13.0. The van der Waals surface area contributed by atoms with E-state index in [9.17, 15) is 14.0 Å². The quantitative estimate of drug-likeness (QED) is 0.824. The first-order chi connectivity index (χ1) is 12.1. The molecule has 0 spiro atoms. The van der Waals surface area contributed by atoms with Gasteiger partial charge in [0.05, 0.1) is 0 Å². The molecule has 1 aromatic carbocycles. The van der Waals surface area contributed by atoms with Gasteiger partial charge in [0.15, 0.2) is 0 Å². The molecule has 0 bridgehead atoms. The van der Waals surface area contributed by atoms with E-state index in [0.29, 0.717) is 26.1 Å². The molecule has 0 atom stereocenters. The Balaban J connectivity index is 1.35. The van der Waals surface area contributed by atoms with Crippen molar-refractivity contribution < 1.29 is 14.0 Å². The lowest BCUT2D eigenvalue weighted by Gasteiger charge is -2.36. The summed E-state index contributed by atoms with van der Waals surface area (Å²) in [6.45, 7) is 4.92. The van der Waals surface area contributed by atoms with Crippen LogP contribution in [0.25, 0.3) is 0 Å². The molecule has 1 N–H and O–H groups in total. The minimum absolute atomic E-state index is 0.0495. The fourth-order valence-corrected chi connectivity index (χ4v) is 3.34. The van der Waals surface area contributed by atoms with Crippen LogP contribution in [0.5, 0.6) is 0 Å². The van der Waals surface area contributed by atoms with E-state index in [2.05, 4.69) is 10.2 Å². The summed E-state index contributed by atoms with van der Waals surface area (Å²) < 4.78 is 13.0. The first-order valence-corrected chi connectivity index (χ1v) is 8.94. The van der Waals surface area contributed by atoms with Crippen LogP contribution in [0, 0.1) is 5.82 Å². The topological polar surface area (TPSA) is 55.9 Å². The lowest BCUT2D eigenvalue weighted by molar-refractivity contribution is -0.127. The number of benzene rings is 1. The molecule has 25 heavy (non-hydrogen) atoms. The molecule has 0 unspecified atom stereocenters. The smallest absolute Gasteiger partial charge is 0.317 e. The molecule has 7 heteroatoms. The molecule has 2 aliphatic rings. The van der Waals surface area contributed by atoms with Crippen LogP contribution in [0.2, 0.25) is 0 Å². The van der Waals surface area contributed by atoms with Crippen molar-refractivity contribution in [1.82, 2.24) is 15.1 Å². The second-order valence-corrected chi connectivity index (χ2v) is 6.52. The summed E-state index contributed by atoms with van der Waals surface area (Å²) in [6, 6.07) is 6.40. The van der Waals surface area contributed by atoms with E-state index in [4.69, 9.17) is 0 Å². The first-order valence-electron chi connectivity index (χ1n) is 8.94. The predicted molar refractivity (Wildman–Crippen MR) is 94.0 cm³/mol. The highest BCUT2D eigenvalue weighted by Gasteiger charge is 2.22. The number of nitrogens with zero attached hydrogens (tertiary/aromatic N) is 3. The number of carbonyl (C=O) groups is 2. The number of anilines is 1. The Morgan fingerprint density at radius 2 is 1.80 bits per heavy atom. The van der Waals surface area contributed by atoms with E-state index < -0.39 is 0 Å². The molecule has 2 heterocycles. The Bertz CT molecular complexity index is 600. The molecule has 6 nitrogen and oxygen atoms in total. The van der Waals surface area contributed by atoms with Crippen LogP contribution in [0.15, 0.2) is 24.3 Å². The van der Waals surface area contributed by atoms with Crippen molar-refractivity contribution in [2.75, 3.05) is 50.7 Å². The second kappa shape index (κ2) is 8.18. The number of likely N-dealkylation sites (tertiary alicyclic amines) is 1. The summed E-state index contributed by atoms with van der Waals surface area (Å²) in [4.78, 5) is 29.6. The molecule has 0 radical (unpaired) electrons. The number of carbonyl (C=O) groups excluding carboxylic acids is 2. The van der Waals surface area contributed by atoms with Crippen LogP contribution in [0.4, 0.5) is 14.9 Å². The van der Waals surface area contributed by atoms with Gasteiger partial charge in [0.1, 0.15) is 5.82 Å². The van der Waals surface area contributed by atoms with Crippen LogP contribution in [-0.2, 0) is 4.79 Å². The third-order valence-corrected chi connectivity index (χ3v) is 4.81. The van der Waals surface area contributed by atoms with Crippen molar-refractivity contribution in [3.05, 3.63) is 30.1 Å². The maximum Gasteiger partial charge on any atom is 0.317 e. The highest BCUT2D eigenvalue weighted by molar-refractivity contribution is 5.78. The molecule has 3 amide bonds. The van der Waals surface area contributed by atoms with Crippen molar-refractivity contribution in [1.29, 1.82) is 0 Å². The molecule has 2 saturated heterocycles. The Morgan fingerprint density at radius 3 is 2.44 bits per heavy atom. The Hall–Kier alpha value is -2.31. The van der Waals surface area contributed by atoms with Gasteiger partial charge in [-0.1, -0.05) is 0 Å². The van der Waals surface area contributed by atoms with Gasteiger partial charge in [-0.3, -0.25) is 4.79 Å². The lowest BCUT2D eigenvalue weighted by Crippen LogP contribution is -2.52. The molecular weight excluding hydrogens is 323 g/mol. The van der Waals surface area contributed by atoms with Gasteiger partial charge in [-0.25, -0.2) is 9.18 Å². The van der Waals surface area contributed by atoms with E-state index >= 15 is 0 Å². The summed E-state index contributed by atoms with van der Waals surface area (Å²) in [5.41, 5.74) is 0.983. The van der Waals surface area contributed by atoms with Gasteiger partial charge in [0.25, 0.3) is 0 Å². The Labute approximate surface area is 147 Å². The van der Waals surface area contributed by atoms with Crippen molar-refractivity contribution >= 4 is 17.6 Å². The average molecular weight is 348 g/mol. The van der Waals surface area contributed by atoms with Gasteiger partial charge in [-0.15, -0.1) is 0 Å². The lowest BCUT2D eigenvalue weighted by atomic mass is 10.2. The van der Waals surface area contributed by atoms with Crippen molar-refractivity contribution in [2.24, 2.45) is 0 Å². The third-order valence-electron chi connectivity index (χ3n) is 4.81. The molecular formula is C18H25FN4O2. The van der Waals surface area contributed by atoms with Gasteiger partial charge in [-0.05, 0) is 37.1 Å². The second-order valence-electron chi connectivity index (χ2n) is 6.52. The Morgan fingerprint density at radius 1 is 1.08 bits per heavy atom. The SMILES string of the molecule is O=C1CCCN1CCCNC(=O)N1CCN(c2ccc(F)cc2)CC1. The van der Waals surface area contributed by atoms with Crippen molar-refractivity contribution in [3.63, 3.8) is 0 Å². The van der Waals surface area contributed by atoms with Crippen LogP contribution in [-0.4, -0.2) is 67.6 Å². The number of nitrogens with one attached hydrogen (secondary N) is 1. The van der Waals surface area contributed by atoms with Gasteiger partial charge in [-0.2, -0.15) is 0 Å². The molecule has 0 aliphatic carbocycles. The van der Waals surface area contributed by atoms with Crippen molar-refractivity contribution in [3.8, 4) is 0 Å². The summed E-state index contributed by atoms with van der Waals surface area (Å²) in [5.74, 6) is -0.0133. The monoisotopic (exact) mass is 348 g/mol. The zero-order valence-electron chi connectivity index (χ0n) is 14.4. The fraction of sp³-hybridized carbons (Fsp3) is 0.556. The number of piperazine rings is 1. The van der Waals surface area contributed by atoms with Gasteiger partial charge in [0.2, 0.25) is 5.91 Å². The van der Waals surface area contributed by atoms with E-state index in [1.807, 2.05) is 4.90 Å². The van der Waals surface area contributed by atoms with E-state index in [-0.39, 0.29) is 17.8 Å². The molecule has 1 aromatic rings.